The molecule has 0 aliphatic carbocycles. The molecule has 1 fully saturated rings. The van der Waals surface area contributed by atoms with Gasteiger partial charge >= 0.3 is 0 Å². The van der Waals surface area contributed by atoms with E-state index in [1.807, 2.05) is 12.1 Å². The highest BCUT2D eigenvalue weighted by atomic mass is 35.5. The van der Waals surface area contributed by atoms with Crippen LogP contribution in [0.1, 0.15) is 24.5 Å². The second-order valence-electron chi connectivity index (χ2n) is 3.82. The summed E-state index contributed by atoms with van der Waals surface area (Å²) in [5, 5.41) is 10.6. The molecule has 1 aliphatic rings. The van der Waals surface area contributed by atoms with Crippen molar-refractivity contribution in [3.05, 3.63) is 34.9 Å². The molecule has 88 valence electrons. The fourth-order valence-corrected chi connectivity index (χ4v) is 1.95. The van der Waals surface area contributed by atoms with Gasteiger partial charge in [0.1, 0.15) is 0 Å². The fourth-order valence-electron chi connectivity index (χ4n) is 1.75. The maximum Gasteiger partial charge on any atom is 0.157 e. The van der Waals surface area contributed by atoms with Crippen molar-refractivity contribution in [1.82, 2.24) is 0 Å². The van der Waals surface area contributed by atoms with E-state index >= 15 is 0 Å². The van der Waals surface area contributed by atoms with Crippen LogP contribution < -0.4 is 0 Å². The van der Waals surface area contributed by atoms with Gasteiger partial charge < -0.3 is 14.6 Å². The molecule has 0 bridgehead atoms. The van der Waals surface area contributed by atoms with Gasteiger partial charge in [-0.15, -0.1) is 0 Å². The zero-order valence-corrected chi connectivity index (χ0v) is 9.69. The lowest BCUT2D eigenvalue weighted by Crippen LogP contribution is -2.09. The van der Waals surface area contributed by atoms with E-state index in [0.717, 1.165) is 5.56 Å². The molecule has 1 aliphatic heterocycles. The van der Waals surface area contributed by atoms with Gasteiger partial charge in [-0.25, -0.2) is 0 Å². The number of rotatable bonds is 4. The molecule has 3 nitrogen and oxygen atoms in total. The zero-order chi connectivity index (χ0) is 11.4. The quantitative estimate of drug-likeness (QED) is 0.882. The summed E-state index contributed by atoms with van der Waals surface area (Å²) >= 11 is 5.86. The summed E-state index contributed by atoms with van der Waals surface area (Å²) < 4.78 is 10.6. The predicted octanol–water partition coefficient (Wildman–Crippen LogP) is 2.53. The van der Waals surface area contributed by atoms with Crippen molar-refractivity contribution in [2.45, 2.75) is 25.2 Å². The van der Waals surface area contributed by atoms with Gasteiger partial charge in [-0.2, -0.15) is 0 Å². The Morgan fingerprint density at radius 3 is 2.81 bits per heavy atom. The van der Waals surface area contributed by atoms with Gasteiger partial charge in [0, 0.05) is 11.4 Å². The minimum Gasteiger partial charge on any atom is -0.388 e. The van der Waals surface area contributed by atoms with E-state index in [1.54, 1.807) is 12.1 Å². The Hall–Kier alpha value is -0.610. The first-order valence-electron chi connectivity index (χ1n) is 5.42. The molecule has 1 atom stereocenters. The number of aliphatic hydroxyl groups excluding tert-OH is 1. The molecular formula is C12H15ClO3. The second-order valence-corrected chi connectivity index (χ2v) is 4.26. The van der Waals surface area contributed by atoms with E-state index in [-0.39, 0.29) is 6.29 Å². The molecule has 1 unspecified atom stereocenters. The first-order valence-corrected chi connectivity index (χ1v) is 5.80. The van der Waals surface area contributed by atoms with E-state index in [1.165, 1.54) is 0 Å². The number of hydrogen-bond acceptors (Lipinski definition) is 3. The van der Waals surface area contributed by atoms with Crippen molar-refractivity contribution < 1.29 is 14.6 Å². The van der Waals surface area contributed by atoms with Gasteiger partial charge in [-0.05, 0) is 24.1 Å². The maximum atomic E-state index is 9.94. The van der Waals surface area contributed by atoms with Gasteiger partial charge in [-0.1, -0.05) is 23.7 Å². The summed E-state index contributed by atoms with van der Waals surface area (Å²) in [5.74, 6) is 0. The summed E-state index contributed by atoms with van der Waals surface area (Å²) in [6.07, 6.45) is 0.652. The van der Waals surface area contributed by atoms with Crippen LogP contribution in [0.25, 0.3) is 0 Å². The van der Waals surface area contributed by atoms with E-state index < -0.39 is 6.10 Å². The van der Waals surface area contributed by atoms with Crippen LogP contribution in [-0.4, -0.2) is 24.6 Å². The molecule has 0 spiro atoms. The molecule has 0 radical (unpaired) electrons. The van der Waals surface area contributed by atoms with Crippen LogP contribution in [0.3, 0.4) is 0 Å². The highest BCUT2D eigenvalue weighted by Gasteiger charge is 2.18. The van der Waals surface area contributed by atoms with Crippen LogP contribution in [0.5, 0.6) is 0 Å². The van der Waals surface area contributed by atoms with Crippen LogP contribution in [0, 0.1) is 0 Å². The van der Waals surface area contributed by atoms with Gasteiger partial charge in [0.25, 0.3) is 0 Å². The number of aliphatic hydroxyl groups is 1. The summed E-state index contributed by atoms with van der Waals surface area (Å²) in [6.45, 7) is 1.30. The predicted molar refractivity (Wildman–Crippen MR) is 61.3 cm³/mol. The highest BCUT2D eigenvalue weighted by Crippen LogP contribution is 2.23. The Morgan fingerprint density at radius 1 is 1.38 bits per heavy atom. The van der Waals surface area contributed by atoms with Crippen LogP contribution in [0.15, 0.2) is 24.3 Å². The summed E-state index contributed by atoms with van der Waals surface area (Å²) in [4.78, 5) is 0. The third kappa shape index (κ3) is 3.19. The Labute approximate surface area is 99.9 Å². The Kier molecular flexibility index (Phi) is 4.18. The highest BCUT2D eigenvalue weighted by molar-refractivity contribution is 6.30. The first kappa shape index (κ1) is 11.9. The molecule has 2 rings (SSSR count). The summed E-state index contributed by atoms with van der Waals surface area (Å²) in [7, 11) is 0. The van der Waals surface area contributed by atoms with E-state index in [4.69, 9.17) is 21.1 Å². The largest absolute Gasteiger partial charge is 0.388 e. The molecule has 16 heavy (non-hydrogen) atoms. The van der Waals surface area contributed by atoms with Gasteiger partial charge in [0.15, 0.2) is 6.29 Å². The molecule has 0 saturated carbocycles. The molecule has 1 aromatic rings. The van der Waals surface area contributed by atoms with Crippen molar-refractivity contribution >= 4 is 11.6 Å². The fraction of sp³-hybridized carbons (Fsp3) is 0.500. The number of halogens is 1. The number of hydrogen-bond donors (Lipinski definition) is 1. The molecule has 1 heterocycles. The summed E-state index contributed by atoms with van der Waals surface area (Å²) in [6, 6.07) is 7.28. The van der Waals surface area contributed by atoms with Crippen molar-refractivity contribution in [1.29, 1.82) is 0 Å². The lowest BCUT2D eigenvalue weighted by atomic mass is 10.1. The molecule has 1 saturated heterocycles. The lowest BCUT2D eigenvalue weighted by molar-refractivity contribution is -0.0541. The lowest BCUT2D eigenvalue weighted by Gasteiger charge is -2.13. The maximum absolute atomic E-state index is 9.94. The molecule has 4 heteroatoms. The second kappa shape index (κ2) is 5.64. The minimum atomic E-state index is -0.508. The molecule has 0 aromatic heterocycles. The minimum absolute atomic E-state index is 0.158. The SMILES string of the molecule is OC(CCC1OCCO1)c1cccc(Cl)c1. The summed E-state index contributed by atoms with van der Waals surface area (Å²) in [5.41, 5.74) is 0.838. The van der Waals surface area contributed by atoms with Crippen LogP contribution in [-0.2, 0) is 9.47 Å². The van der Waals surface area contributed by atoms with Crippen molar-refractivity contribution in [2.24, 2.45) is 0 Å². The van der Waals surface area contributed by atoms with E-state index in [9.17, 15) is 5.11 Å². The van der Waals surface area contributed by atoms with Gasteiger partial charge in [-0.3, -0.25) is 0 Å². The molecule has 1 N–H and O–H groups in total. The van der Waals surface area contributed by atoms with E-state index in [0.29, 0.717) is 31.1 Å². The first-order chi connectivity index (χ1) is 7.75. The Balaban J connectivity index is 1.85. The third-order valence-electron chi connectivity index (χ3n) is 2.60. The van der Waals surface area contributed by atoms with Gasteiger partial charge in [0.05, 0.1) is 19.3 Å². The van der Waals surface area contributed by atoms with Crippen molar-refractivity contribution in [3.8, 4) is 0 Å². The van der Waals surface area contributed by atoms with Crippen LogP contribution >= 0.6 is 11.6 Å². The number of ether oxygens (including phenoxy) is 2. The van der Waals surface area contributed by atoms with Crippen LogP contribution in [0.4, 0.5) is 0 Å². The average molecular weight is 243 g/mol. The normalized spacial score (nSPS) is 18.9. The molecule has 1 aromatic carbocycles. The Bertz CT molecular complexity index is 337. The zero-order valence-electron chi connectivity index (χ0n) is 8.93. The van der Waals surface area contributed by atoms with Crippen LogP contribution in [0.2, 0.25) is 5.02 Å². The molecule has 0 amide bonds. The molecular weight excluding hydrogens is 228 g/mol. The Morgan fingerprint density at radius 2 is 2.12 bits per heavy atom. The number of benzene rings is 1. The van der Waals surface area contributed by atoms with Gasteiger partial charge in [0.2, 0.25) is 0 Å². The monoisotopic (exact) mass is 242 g/mol. The average Bonchev–Trinajstić information content (AvgIpc) is 2.78. The van der Waals surface area contributed by atoms with E-state index in [2.05, 4.69) is 0 Å². The standard InChI is InChI=1S/C12H15ClO3/c13-10-3-1-2-9(8-10)11(14)4-5-12-15-6-7-16-12/h1-3,8,11-12,14H,4-7H2. The van der Waals surface area contributed by atoms with Crippen molar-refractivity contribution in [3.63, 3.8) is 0 Å². The topological polar surface area (TPSA) is 38.7 Å². The smallest absolute Gasteiger partial charge is 0.157 e. The third-order valence-corrected chi connectivity index (χ3v) is 2.84. The van der Waals surface area contributed by atoms with Crippen molar-refractivity contribution in [2.75, 3.05) is 13.2 Å².